The summed E-state index contributed by atoms with van der Waals surface area (Å²) in [6, 6.07) is 4.16. The number of carbonyl (C=O) groups excluding carboxylic acids is 3. The minimum atomic E-state index is -4.83. The van der Waals surface area contributed by atoms with E-state index in [0.29, 0.717) is 5.56 Å². The molecule has 0 aromatic heterocycles. The monoisotopic (exact) mass is 387 g/mol. The van der Waals surface area contributed by atoms with Crippen molar-refractivity contribution in [1.82, 2.24) is 9.96 Å². The maximum Gasteiger partial charge on any atom is 0.573 e. The first-order chi connectivity index (χ1) is 12.6. The zero-order valence-corrected chi connectivity index (χ0v) is 14.1. The third-order valence-corrected chi connectivity index (χ3v) is 4.45. The number of benzene rings is 1. The minimum absolute atomic E-state index is 0.0259. The number of amides is 3. The highest BCUT2D eigenvalue weighted by Gasteiger charge is 2.58. The number of carbonyl (C=O) groups is 3. The Morgan fingerprint density at radius 2 is 1.85 bits per heavy atom. The average Bonchev–Trinajstić information content (AvgIpc) is 3.04. The van der Waals surface area contributed by atoms with Crippen LogP contribution in [0.15, 0.2) is 24.3 Å². The predicted molar refractivity (Wildman–Crippen MR) is 82.5 cm³/mol. The first-order valence-corrected chi connectivity index (χ1v) is 7.97. The molecule has 0 radical (unpaired) electrons. The molecule has 0 aliphatic carbocycles. The van der Waals surface area contributed by atoms with E-state index in [1.807, 2.05) is 0 Å². The first kappa shape index (κ1) is 19.1. The molecule has 2 saturated heterocycles. The van der Waals surface area contributed by atoms with Crippen molar-refractivity contribution in [3.63, 3.8) is 0 Å². The largest absolute Gasteiger partial charge is 0.573 e. The minimum Gasteiger partial charge on any atom is -0.406 e. The van der Waals surface area contributed by atoms with Gasteiger partial charge < -0.3 is 10.5 Å². The lowest BCUT2D eigenvalue weighted by atomic mass is 9.90. The number of alkyl halides is 3. The molecule has 0 spiro atoms. The fourth-order valence-corrected chi connectivity index (χ4v) is 3.26. The third-order valence-electron chi connectivity index (χ3n) is 4.45. The number of hydroxylamine groups is 2. The van der Waals surface area contributed by atoms with Crippen LogP contribution in [0, 0.1) is 5.92 Å². The van der Waals surface area contributed by atoms with E-state index in [9.17, 15) is 27.6 Å². The summed E-state index contributed by atoms with van der Waals surface area (Å²) in [6.45, 7) is 0.0259. The Bertz CT molecular complexity index is 768. The second kappa shape index (κ2) is 6.82. The molecular weight excluding hydrogens is 371 g/mol. The number of hydrogen-bond donors (Lipinski definition) is 1. The Labute approximate surface area is 151 Å². The number of primary amides is 1. The van der Waals surface area contributed by atoms with Crippen LogP contribution in [-0.4, -0.2) is 53.7 Å². The van der Waals surface area contributed by atoms with Gasteiger partial charge in [0.15, 0.2) is 6.10 Å². The van der Waals surface area contributed by atoms with E-state index < -0.39 is 47.9 Å². The van der Waals surface area contributed by atoms with Crippen molar-refractivity contribution in [3.05, 3.63) is 29.8 Å². The summed E-state index contributed by atoms with van der Waals surface area (Å²) in [5.41, 5.74) is 5.58. The molecule has 0 bridgehead atoms. The summed E-state index contributed by atoms with van der Waals surface area (Å²) < 4.78 is 40.8. The van der Waals surface area contributed by atoms with Crippen molar-refractivity contribution >= 4 is 17.7 Å². The molecule has 146 valence electrons. The van der Waals surface area contributed by atoms with Gasteiger partial charge >= 0.3 is 6.36 Å². The molecule has 1 aromatic rings. The Balaban J connectivity index is 1.89. The van der Waals surface area contributed by atoms with Gasteiger partial charge in [0.05, 0.1) is 12.0 Å². The maximum atomic E-state index is 12.5. The van der Waals surface area contributed by atoms with Crippen LogP contribution in [0.3, 0.4) is 0 Å². The predicted octanol–water partition coefficient (Wildman–Crippen LogP) is 0.732. The highest BCUT2D eigenvalue weighted by Crippen LogP contribution is 2.44. The van der Waals surface area contributed by atoms with E-state index in [2.05, 4.69) is 4.74 Å². The number of nitrogens with zero attached hydrogens (tertiary/aromatic N) is 2. The topological polar surface area (TPSA) is 102 Å². The molecule has 2 heterocycles. The fourth-order valence-electron chi connectivity index (χ4n) is 3.26. The number of rotatable bonds is 5. The molecule has 2 N–H and O–H groups in total. The maximum absolute atomic E-state index is 12.5. The van der Waals surface area contributed by atoms with Crippen LogP contribution >= 0.6 is 0 Å². The third kappa shape index (κ3) is 3.74. The number of halogens is 3. The quantitative estimate of drug-likeness (QED) is 0.748. The second-order valence-corrected chi connectivity index (χ2v) is 6.21. The van der Waals surface area contributed by atoms with Crippen molar-refractivity contribution in [2.24, 2.45) is 11.7 Å². The molecule has 3 atom stereocenters. The van der Waals surface area contributed by atoms with E-state index in [-0.39, 0.29) is 13.0 Å². The summed E-state index contributed by atoms with van der Waals surface area (Å²) in [5, 5.41) is 1.31. The number of nitrogens with two attached hydrogens (primary N) is 1. The van der Waals surface area contributed by atoms with E-state index >= 15 is 0 Å². The summed E-state index contributed by atoms with van der Waals surface area (Å²) in [7, 11) is 1.33. The standard InChI is InChI=1S/C16H16F3N3O5/c1-21-14(24)11-12(8-2-4-9(5-3-8)26-16(17,18)19)22(7-6-10(20)23)27-13(11)15(21)25/h2-5,11-13H,6-7H2,1H3,(H2,20,23). The van der Waals surface area contributed by atoms with Crippen molar-refractivity contribution in [3.8, 4) is 5.75 Å². The van der Waals surface area contributed by atoms with E-state index in [1.54, 1.807) is 0 Å². The lowest BCUT2D eigenvalue weighted by molar-refractivity contribution is -0.274. The number of imide groups is 1. The Hall–Kier alpha value is -2.66. The van der Waals surface area contributed by atoms with Gasteiger partial charge in [-0.2, -0.15) is 5.06 Å². The van der Waals surface area contributed by atoms with Gasteiger partial charge in [0, 0.05) is 20.0 Å². The smallest absolute Gasteiger partial charge is 0.406 e. The zero-order valence-electron chi connectivity index (χ0n) is 14.1. The molecule has 2 fully saturated rings. The second-order valence-electron chi connectivity index (χ2n) is 6.21. The molecule has 3 rings (SSSR count). The molecule has 1 aromatic carbocycles. The Morgan fingerprint density at radius 3 is 2.41 bits per heavy atom. The van der Waals surface area contributed by atoms with Gasteiger partial charge in [0.25, 0.3) is 5.91 Å². The summed E-state index contributed by atoms with van der Waals surface area (Å²) in [5.74, 6) is -2.87. The highest BCUT2D eigenvalue weighted by molar-refractivity contribution is 6.07. The Kier molecular flexibility index (Phi) is 4.82. The molecule has 3 amide bonds. The molecule has 3 unspecified atom stereocenters. The van der Waals surface area contributed by atoms with Gasteiger partial charge in [0.1, 0.15) is 5.75 Å². The van der Waals surface area contributed by atoms with Gasteiger partial charge in [-0.25, -0.2) is 0 Å². The van der Waals surface area contributed by atoms with Gasteiger partial charge in [-0.05, 0) is 17.7 Å². The van der Waals surface area contributed by atoms with Gasteiger partial charge in [-0.15, -0.1) is 13.2 Å². The molecule has 2 aliphatic rings. The van der Waals surface area contributed by atoms with Crippen LogP contribution in [-0.2, 0) is 19.2 Å². The fraction of sp³-hybridized carbons (Fsp3) is 0.438. The van der Waals surface area contributed by atoms with Crippen LogP contribution in [0.2, 0.25) is 0 Å². The van der Waals surface area contributed by atoms with Gasteiger partial charge in [0.2, 0.25) is 11.8 Å². The van der Waals surface area contributed by atoms with Crippen molar-refractivity contribution in [2.45, 2.75) is 24.9 Å². The molecule has 8 nitrogen and oxygen atoms in total. The number of likely N-dealkylation sites (tertiary alicyclic amines) is 1. The normalized spacial score (nSPS) is 25.8. The first-order valence-electron chi connectivity index (χ1n) is 7.97. The number of hydrogen-bond acceptors (Lipinski definition) is 6. The van der Waals surface area contributed by atoms with Crippen molar-refractivity contribution in [1.29, 1.82) is 0 Å². The summed E-state index contributed by atoms with van der Waals surface area (Å²) in [6.07, 6.45) is -5.96. The Morgan fingerprint density at radius 1 is 1.22 bits per heavy atom. The van der Waals surface area contributed by atoms with Crippen molar-refractivity contribution in [2.75, 3.05) is 13.6 Å². The molecular formula is C16H16F3N3O5. The number of likely N-dealkylation sites (N-methyl/N-ethyl adjacent to an activating group) is 1. The SMILES string of the molecule is CN1C(=O)C2ON(CCC(N)=O)C(c3ccc(OC(F)(F)F)cc3)C2C1=O. The van der Waals surface area contributed by atoms with Crippen LogP contribution in [0.25, 0.3) is 0 Å². The van der Waals surface area contributed by atoms with Crippen LogP contribution < -0.4 is 10.5 Å². The summed E-state index contributed by atoms with van der Waals surface area (Å²) >= 11 is 0. The number of fused-ring (bicyclic) bond motifs is 1. The molecule has 2 aliphatic heterocycles. The average molecular weight is 387 g/mol. The van der Waals surface area contributed by atoms with Gasteiger partial charge in [-0.1, -0.05) is 12.1 Å². The molecule has 11 heteroatoms. The van der Waals surface area contributed by atoms with Crippen LogP contribution in [0.1, 0.15) is 18.0 Å². The molecule has 27 heavy (non-hydrogen) atoms. The summed E-state index contributed by atoms with van der Waals surface area (Å²) in [4.78, 5) is 42.2. The van der Waals surface area contributed by atoms with E-state index in [1.165, 1.54) is 24.2 Å². The number of ether oxygens (including phenoxy) is 1. The van der Waals surface area contributed by atoms with Crippen LogP contribution in [0.4, 0.5) is 13.2 Å². The van der Waals surface area contributed by atoms with E-state index in [4.69, 9.17) is 10.6 Å². The zero-order chi connectivity index (χ0) is 19.9. The van der Waals surface area contributed by atoms with Crippen molar-refractivity contribution < 1.29 is 37.1 Å². The lowest BCUT2D eigenvalue weighted by Crippen LogP contribution is -2.36. The highest BCUT2D eigenvalue weighted by atomic mass is 19.4. The van der Waals surface area contributed by atoms with Crippen LogP contribution in [0.5, 0.6) is 5.75 Å². The van der Waals surface area contributed by atoms with E-state index in [0.717, 1.165) is 17.0 Å². The van der Waals surface area contributed by atoms with Gasteiger partial charge in [-0.3, -0.25) is 24.1 Å². The lowest BCUT2D eigenvalue weighted by Gasteiger charge is -2.26. The molecule has 0 saturated carbocycles.